The first-order valence-corrected chi connectivity index (χ1v) is 11.4. The van der Waals surface area contributed by atoms with E-state index in [-0.39, 0.29) is 18.6 Å². The van der Waals surface area contributed by atoms with E-state index >= 15 is 0 Å². The number of oxime groups is 1. The molecular formula is C21H25N7O3S. The number of aryl methyl sites for hydroxylation is 1. The monoisotopic (exact) mass is 455 g/mol. The van der Waals surface area contributed by atoms with E-state index in [1.54, 1.807) is 14.0 Å². The number of hydrogen-bond donors (Lipinski definition) is 1. The molecule has 1 saturated carbocycles. The molecule has 10 nitrogen and oxygen atoms in total. The molecule has 1 aromatic carbocycles. The smallest absolute Gasteiger partial charge is 0.255 e. The minimum absolute atomic E-state index is 0.141. The maximum atomic E-state index is 12.4. The van der Waals surface area contributed by atoms with E-state index < -0.39 is 6.10 Å². The number of benzene rings is 1. The highest BCUT2D eigenvalue weighted by Gasteiger charge is 2.23. The highest BCUT2D eigenvalue weighted by Crippen LogP contribution is 2.23. The van der Waals surface area contributed by atoms with Crippen molar-refractivity contribution < 1.29 is 14.4 Å². The molecule has 0 spiro atoms. The zero-order chi connectivity index (χ0) is 22.3. The van der Waals surface area contributed by atoms with E-state index in [9.17, 15) is 4.79 Å². The molecule has 1 amide bonds. The summed E-state index contributed by atoms with van der Waals surface area (Å²) in [6.07, 6.45) is 4.03. The van der Waals surface area contributed by atoms with Gasteiger partial charge < -0.3 is 9.57 Å². The second kappa shape index (κ2) is 10.4. The van der Waals surface area contributed by atoms with Gasteiger partial charge in [-0.2, -0.15) is 0 Å². The van der Waals surface area contributed by atoms with Gasteiger partial charge in [-0.15, -0.1) is 16.4 Å². The molecule has 1 N–H and O–H groups in total. The highest BCUT2D eigenvalue weighted by molar-refractivity contribution is 7.13. The Bertz CT molecular complexity index is 1060. The third-order valence-electron chi connectivity index (χ3n) is 5.10. The number of rotatable bonds is 9. The van der Waals surface area contributed by atoms with Crippen LogP contribution in [-0.4, -0.2) is 49.0 Å². The first kappa shape index (κ1) is 22.0. The summed E-state index contributed by atoms with van der Waals surface area (Å²) in [6, 6.07) is 9.54. The molecule has 3 aromatic rings. The molecule has 2 heterocycles. The van der Waals surface area contributed by atoms with Gasteiger partial charge in [0.05, 0.1) is 11.8 Å². The summed E-state index contributed by atoms with van der Waals surface area (Å²) in [6.45, 7) is 1.91. The maximum absolute atomic E-state index is 12.4. The number of thiazole rings is 1. The number of aromatic nitrogens is 5. The van der Waals surface area contributed by atoms with Crippen molar-refractivity contribution in [1.82, 2.24) is 25.2 Å². The molecular weight excluding hydrogens is 430 g/mol. The van der Waals surface area contributed by atoms with E-state index in [4.69, 9.17) is 9.57 Å². The molecule has 0 radical (unpaired) electrons. The van der Waals surface area contributed by atoms with Crippen molar-refractivity contribution >= 4 is 28.1 Å². The van der Waals surface area contributed by atoms with Gasteiger partial charge in [-0.05, 0) is 30.2 Å². The summed E-state index contributed by atoms with van der Waals surface area (Å²) in [5.74, 6) is 0.288. The van der Waals surface area contributed by atoms with E-state index in [0.29, 0.717) is 22.4 Å². The van der Waals surface area contributed by atoms with Crippen molar-refractivity contribution in [3.8, 4) is 0 Å². The van der Waals surface area contributed by atoms with Crippen LogP contribution in [0.2, 0.25) is 0 Å². The lowest BCUT2D eigenvalue weighted by Crippen LogP contribution is -2.30. The van der Waals surface area contributed by atoms with Gasteiger partial charge in [-0.25, -0.2) is 9.67 Å². The van der Waals surface area contributed by atoms with E-state index in [1.165, 1.54) is 16.0 Å². The molecule has 1 atom stereocenters. The summed E-state index contributed by atoms with van der Waals surface area (Å²) in [7, 11) is 1.74. The van der Waals surface area contributed by atoms with Crippen molar-refractivity contribution in [2.45, 2.75) is 51.4 Å². The lowest BCUT2D eigenvalue weighted by Gasteiger charge is -2.17. The van der Waals surface area contributed by atoms with Gasteiger partial charge in [0.2, 0.25) is 5.82 Å². The van der Waals surface area contributed by atoms with Gasteiger partial charge in [0, 0.05) is 18.0 Å². The predicted molar refractivity (Wildman–Crippen MR) is 119 cm³/mol. The van der Waals surface area contributed by atoms with Crippen LogP contribution in [-0.2, 0) is 28.0 Å². The molecule has 0 aliphatic heterocycles. The van der Waals surface area contributed by atoms with E-state index in [2.05, 4.69) is 31.0 Å². The van der Waals surface area contributed by atoms with Crippen LogP contribution >= 0.6 is 11.3 Å². The summed E-state index contributed by atoms with van der Waals surface area (Å²) in [4.78, 5) is 22.4. The number of carbonyl (C=O) groups is 1. The van der Waals surface area contributed by atoms with Crippen LogP contribution in [0.15, 0.2) is 40.9 Å². The van der Waals surface area contributed by atoms with Crippen LogP contribution in [0.3, 0.4) is 0 Å². The van der Waals surface area contributed by atoms with Crippen molar-refractivity contribution in [1.29, 1.82) is 0 Å². The lowest BCUT2D eigenvalue weighted by molar-refractivity contribution is -0.129. The number of carbonyl (C=O) groups excluding carboxylic acids is 1. The van der Waals surface area contributed by atoms with Gasteiger partial charge in [0.15, 0.2) is 17.5 Å². The molecule has 0 bridgehead atoms. The quantitative estimate of drug-likeness (QED) is 0.389. The molecule has 1 unspecified atom stereocenters. The van der Waals surface area contributed by atoms with Gasteiger partial charge in [-0.3, -0.25) is 10.1 Å². The van der Waals surface area contributed by atoms with Crippen LogP contribution in [0.1, 0.15) is 49.7 Å². The molecule has 1 fully saturated rings. The topological polar surface area (TPSA) is 116 Å². The first-order valence-electron chi connectivity index (χ1n) is 10.5. The van der Waals surface area contributed by atoms with Gasteiger partial charge in [-0.1, -0.05) is 48.3 Å². The molecule has 1 aliphatic rings. The van der Waals surface area contributed by atoms with Crippen molar-refractivity contribution in [2.24, 2.45) is 12.2 Å². The Morgan fingerprint density at radius 1 is 1.31 bits per heavy atom. The van der Waals surface area contributed by atoms with Crippen molar-refractivity contribution in [3.63, 3.8) is 0 Å². The standard InChI is InChI=1S/C21H25N7O3S/c1-14(31-17-10-6-7-11-17)20(29)23-21-22-16(13-32-21)12-30-25-18(15-8-4-3-5-9-15)19-24-26-27-28(19)2/h3-5,8-9,13-14,17H,6-7,10-12H2,1-2H3,(H,22,23,29)/b25-18+. The Labute approximate surface area is 189 Å². The normalized spacial score (nSPS) is 15.6. The minimum atomic E-state index is -0.514. The van der Waals surface area contributed by atoms with Crippen molar-refractivity contribution in [3.05, 3.63) is 52.8 Å². The fourth-order valence-corrected chi connectivity index (χ4v) is 4.12. The Hall–Kier alpha value is -3.18. The number of anilines is 1. The SMILES string of the molecule is CC(OC1CCCC1)C(=O)Nc1nc(CO/N=C(\c2ccccc2)c2nnnn2C)cs1. The van der Waals surface area contributed by atoms with Crippen LogP contribution in [0.4, 0.5) is 5.13 Å². The van der Waals surface area contributed by atoms with Gasteiger partial charge >= 0.3 is 0 Å². The first-order chi connectivity index (χ1) is 15.6. The molecule has 2 aromatic heterocycles. The van der Waals surface area contributed by atoms with Crippen LogP contribution in [0.5, 0.6) is 0 Å². The number of tetrazole rings is 1. The van der Waals surface area contributed by atoms with Crippen LogP contribution in [0.25, 0.3) is 0 Å². The van der Waals surface area contributed by atoms with E-state index in [1.807, 2.05) is 35.7 Å². The Kier molecular flexibility index (Phi) is 7.17. The molecule has 168 valence electrons. The largest absolute Gasteiger partial charge is 0.389 e. The summed E-state index contributed by atoms with van der Waals surface area (Å²) >= 11 is 1.33. The molecule has 0 saturated heterocycles. The molecule has 1 aliphatic carbocycles. The maximum Gasteiger partial charge on any atom is 0.255 e. The third-order valence-corrected chi connectivity index (χ3v) is 5.90. The number of nitrogens with zero attached hydrogens (tertiary/aromatic N) is 6. The van der Waals surface area contributed by atoms with Crippen LogP contribution in [0, 0.1) is 0 Å². The van der Waals surface area contributed by atoms with Crippen LogP contribution < -0.4 is 5.32 Å². The molecule has 11 heteroatoms. The fourth-order valence-electron chi connectivity index (χ4n) is 3.42. The summed E-state index contributed by atoms with van der Waals surface area (Å²) < 4.78 is 7.36. The molecule has 4 rings (SSSR count). The number of ether oxygens (including phenoxy) is 1. The van der Waals surface area contributed by atoms with Crippen molar-refractivity contribution in [2.75, 3.05) is 5.32 Å². The second-order valence-electron chi connectivity index (χ2n) is 7.52. The Morgan fingerprint density at radius 3 is 2.81 bits per heavy atom. The lowest BCUT2D eigenvalue weighted by atomic mass is 10.1. The number of nitrogens with one attached hydrogen (secondary N) is 1. The average molecular weight is 456 g/mol. The number of hydrogen-bond acceptors (Lipinski definition) is 9. The van der Waals surface area contributed by atoms with E-state index in [0.717, 1.165) is 31.2 Å². The molecule has 32 heavy (non-hydrogen) atoms. The van der Waals surface area contributed by atoms with Gasteiger partial charge in [0.25, 0.3) is 5.91 Å². The number of amides is 1. The Balaban J connectivity index is 1.36. The predicted octanol–water partition coefficient (Wildman–Crippen LogP) is 2.92. The third kappa shape index (κ3) is 5.54. The average Bonchev–Trinajstić information content (AvgIpc) is 3.55. The summed E-state index contributed by atoms with van der Waals surface area (Å²) in [5, 5.41) is 21.0. The fraction of sp³-hybridized carbons (Fsp3) is 0.429. The zero-order valence-electron chi connectivity index (χ0n) is 18.0. The summed E-state index contributed by atoms with van der Waals surface area (Å²) in [5.41, 5.74) is 1.99. The van der Waals surface area contributed by atoms with Gasteiger partial charge in [0.1, 0.15) is 6.10 Å². The zero-order valence-corrected chi connectivity index (χ0v) is 18.8. The minimum Gasteiger partial charge on any atom is -0.389 e. The second-order valence-corrected chi connectivity index (χ2v) is 8.38. The Morgan fingerprint density at radius 2 is 2.09 bits per heavy atom. The highest BCUT2D eigenvalue weighted by atomic mass is 32.1.